The Morgan fingerprint density at radius 3 is 2.26 bits per heavy atom. The Kier molecular flexibility index (Phi) is 5.99. The van der Waals surface area contributed by atoms with E-state index in [0.717, 1.165) is 13.0 Å². The second-order valence-corrected chi connectivity index (χ2v) is 10.7. The van der Waals surface area contributed by atoms with E-state index in [-0.39, 0.29) is 6.61 Å². The van der Waals surface area contributed by atoms with E-state index in [1.807, 2.05) is 0 Å². The van der Waals surface area contributed by atoms with Crippen molar-refractivity contribution in [1.82, 2.24) is 0 Å². The van der Waals surface area contributed by atoms with Crippen LogP contribution in [-0.2, 0) is 38.1 Å². The van der Waals surface area contributed by atoms with Gasteiger partial charge in [-0.15, -0.1) is 11.6 Å². The molecule has 2 fully saturated rings. The molecular weight excluding hydrogens is 484 g/mol. The fraction of sp³-hybridized carbons (Fsp3) is 0.667. The molecule has 0 unspecified atom stereocenters. The van der Waals surface area contributed by atoms with Crippen LogP contribution in [0.3, 0.4) is 0 Å². The van der Waals surface area contributed by atoms with Crippen LogP contribution in [0.2, 0.25) is 0 Å². The van der Waals surface area contributed by atoms with Crippen LogP contribution in [0.4, 0.5) is 0 Å². The van der Waals surface area contributed by atoms with Crippen LogP contribution >= 0.6 is 11.6 Å². The third kappa shape index (κ3) is 3.73. The van der Waals surface area contributed by atoms with Crippen molar-refractivity contribution in [2.75, 3.05) is 6.61 Å². The van der Waals surface area contributed by atoms with Crippen molar-refractivity contribution >= 4 is 35.3 Å². The first-order valence-corrected chi connectivity index (χ1v) is 11.8. The molecule has 2 heterocycles. The molecule has 0 amide bonds. The van der Waals surface area contributed by atoms with Gasteiger partial charge in [0.15, 0.2) is 17.5 Å². The van der Waals surface area contributed by atoms with Gasteiger partial charge in [0, 0.05) is 25.2 Å². The largest absolute Gasteiger partial charge is 0.459 e. The molecule has 0 saturated carbocycles. The minimum atomic E-state index is -2.28. The first-order chi connectivity index (χ1) is 16.1. The second-order valence-electron chi connectivity index (χ2n) is 10.2. The van der Waals surface area contributed by atoms with Gasteiger partial charge < -0.3 is 29.2 Å². The first-order valence-electron chi connectivity index (χ1n) is 11.3. The number of alkyl halides is 1. The van der Waals surface area contributed by atoms with Crippen molar-refractivity contribution in [1.29, 1.82) is 0 Å². The summed E-state index contributed by atoms with van der Waals surface area (Å²) >= 11 is 6.75. The predicted molar refractivity (Wildman–Crippen MR) is 119 cm³/mol. The van der Waals surface area contributed by atoms with Gasteiger partial charge in [-0.1, -0.05) is 13.0 Å². The van der Waals surface area contributed by atoms with Crippen molar-refractivity contribution < 1.29 is 48.3 Å². The average molecular weight is 513 g/mol. The number of rotatable bonds is 2. The molecule has 2 saturated heterocycles. The second kappa shape index (κ2) is 8.12. The molecule has 2 aliphatic heterocycles. The quantitative estimate of drug-likeness (QED) is 0.177. The Morgan fingerprint density at radius 2 is 1.71 bits per heavy atom. The van der Waals surface area contributed by atoms with Gasteiger partial charge in [-0.3, -0.25) is 19.2 Å². The highest BCUT2D eigenvalue weighted by atomic mass is 35.5. The number of hydrogen-bond acceptors (Lipinski definition) is 10. The molecule has 192 valence electrons. The van der Waals surface area contributed by atoms with E-state index >= 15 is 0 Å². The summed E-state index contributed by atoms with van der Waals surface area (Å²) < 4.78 is 22.4. The first kappa shape index (κ1) is 25.8. The molecular formula is C24H29ClO10. The maximum atomic E-state index is 12.9. The lowest BCUT2D eigenvalue weighted by Gasteiger charge is -2.54. The Hall–Kier alpha value is -2.27. The Balaban J connectivity index is 2.05. The van der Waals surface area contributed by atoms with Gasteiger partial charge >= 0.3 is 17.9 Å². The van der Waals surface area contributed by atoms with Crippen molar-refractivity contribution in [2.45, 2.75) is 75.1 Å². The molecule has 10 atom stereocenters. The van der Waals surface area contributed by atoms with Crippen LogP contribution in [0.1, 0.15) is 34.6 Å². The lowest BCUT2D eigenvalue weighted by molar-refractivity contribution is -0.225. The Morgan fingerprint density at radius 1 is 1.11 bits per heavy atom. The van der Waals surface area contributed by atoms with Crippen LogP contribution in [0, 0.1) is 17.3 Å². The standard InChI is InChI=1S/C24H29ClO10/c1-11-20(29)35-19-17(25)23(10-32-23)9-7-15(33-12(2)26)21(4)8-6-14(28)22(5,30)16(21)18(24(11,19)31)34-13(3)27/h6-9,11,15-19,30-31H,10H2,1-5H3/b9-7-/t11-,15-,16+,17+,18-,19-,21+,22+,23+,24+/m0/s1. The van der Waals surface area contributed by atoms with Crippen molar-refractivity contribution in [3.63, 3.8) is 0 Å². The van der Waals surface area contributed by atoms with Gasteiger partial charge in [-0.05, 0) is 32.1 Å². The van der Waals surface area contributed by atoms with E-state index in [2.05, 4.69) is 0 Å². The van der Waals surface area contributed by atoms with Crippen molar-refractivity contribution in [3.05, 3.63) is 24.3 Å². The molecule has 0 aromatic carbocycles. The minimum absolute atomic E-state index is 0.132. The summed E-state index contributed by atoms with van der Waals surface area (Å²) in [6.07, 6.45) is 1.51. The zero-order valence-electron chi connectivity index (χ0n) is 20.0. The normalized spacial score (nSPS) is 49.5. The molecule has 0 bridgehead atoms. The molecule has 10 nitrogen and oxygen atoms in total. The van der Waals surface area contributed by atoms with E-state index in [1.165, 1.54) is 32.9 Å². The molecule has 2 N–H and O–H groups in total. The predicted octanol–water partition coefficient (Wildman–Crippen LogP) is 0.601. The molecule has 1 spiro atoms. The number of epoxide rings is 1. The summed E-state index contributed by atoms with van der Waals surface area (Å²) in [6.45, 7) is 6.65. The highest BCUT2D eigenvalue weighted by Gasteiger charge is 2.72. The summed E-state index contributed by atoms with van der Waals surface area (Å²) in [5.74, 6) is -5.66. The minimum Gasteiger partial charge on any atom is -0.459 e. The van der Waals surface area contributed by atoms with Crippen LogP contribution in [-0.4, -0.2) is 81.0 Å². The average Bonchev–Trinajstić information content (AvgIpc) is 3.51. The zero-order valence-corrected chi connectivity index (χ0v) is 20.8. The van der Waals surface area contributed by atoms with E-state index in [1.54, 1.807) is 13.0 Å². The van der Waals surface area contributed by atoms with E-state index in [4.69, 9.17) is 30.5 Å². The molecule has 11 heteroatoms. The zero-order chi connectivity index (χ0) is 26.1. The molecule has 0 radical (unpaired) electrons. The van der Waals surface area contributed by atoms with Gasteiger partial charge in [0.1, 0.15) is 28.8 Å². The highest BCUT2D eigenvalue weighted by Crippen LogP contribution is 2.56. The van der Waals surface area contributed by atoms with Crippen LogP contribution in [0.25, 0.3) is 0 Å². The van der Waals surface area contributed by atoms with E-state index in [0.29, 0.717) is 0 Å². The molecule has 2 aliphatic carbocycles. The molecule has 35 heavy (non-hydrogen) atoms. The SMILES string of the molecule is CC(=O)O[C@H]1/C=C\[C@@]2(CO2)[C@H](Cl)[C@@H]2OC(=O)[C@H](C)[C@@]2(O)[C@@H](OC(C)=O)[C@@H]2[C@]1(C)C=CC(=O)[C@@]2(C)O. The summed E-state index contributed by atoms with van der Waals surface area (Å²) in [5.41, 5.74) is -7.05. The Bertz CT molecular complexity index is 1030. The summed E-state index contributed by atoms with van der Waals surface area (Å²) in [7, 11) is 0. The number of hydrogen-bond donors (Lipinski definition) is 2. The number of halogens is 1. The fourth-order valence-corrected chi connectivity index (χ4v) is 6.19. The van der Waals surface area contributed by atoms with Crippen LogP contribution in [0.5, 0.6) is 0 Å². The number of ketones is 1. The van der Waals surface area contributed by atoms with E-state index in [9.17, 15) is 29.4 Å². The number of carbonyl (C=O) groups is 4. The van der Waals surface area contributed by atoms with Crippen molar-refractivity contribution in [3.8, 4) is 0 Å². The van der Waals surface area contributed by atoms with Gasteiger partial charge in [0.05, 0.1) is 12.5 Å². The highest BCUT2D eigenvalue weighted by molar-refractivity contribution is 6.22. The van der Waals surface area contributed by atoms with E-state index < -0.39 is 81.4 Å². The van der Waals surface area contributed by atoms with Gasteiger partial charge in [0.25, 0.3) is 0 Å². The van der Waals surface area contributed by atoms with Gasteiger partial charge in [-0.25, -0.2) is 0 Å². The smallest absolute Gasteiger partial charge is 0.312 e. The Labute approximate surface area is 207 Å². The van der Waals surface area contributed by atoms with Crippen molar-refractivity contribution in [2.24, 2.45) is 17.3 Å². The van der Waals surface area contributed by atoms with Crippen LogP contribution in [0.15, 0.2) is 24.3 Å². The summed E-state index contributed by atoms with van der Waals surface area (Å²) in [6, 6.07) is 0. The van der Waals surface area contributed by atoms with Gasteiger partial charge in [-0.2, -0.15) is 0 Å². The third-order valence-corrected chi connectivity index (χ3v) is 8.43. The lowest BCUT2D eigenvalue weighted by Crippen LogP contribution is -2.70. The molecule has 0 aromatic heterocycles. The van der Waals surface area contributed by atoms with Gasteiger partial charge in [0.2, 0.25) is 0 Å². The third-order valence-electron chi connectivity index (χ3n) is 7.84. The topological polar surface area (TPSA) is 149 Å². The summed E-state index contributed by atoms with van der Waals surface area (Å²) in [4.78, 5) is 50.1. The number of carbonyl (C=O) groups excluding carboxylic acids is 4. The maximum Gasteiger partial charge on any atom is 0.312 e. The summed E-state index contributed by atoms with van der Waals surface area (Å²) in [5, 5.41) is 22.6. The molecule has 4 aliphatic rings. The monoisotopic (exact) mass is 512 g/mol. The molecule has 0 aromatic rings. The molecule has 4 rings (SSSR count). The lowest BCUT2D eigenvalue weighted by atomic mass is 9.55. The maximum absolute atomic E-state index is 12.9. The number of ether oxygens (including phenoxy) is 4. The van der Waals surface area contributed by atoms with Crippen LogP contribution < -0.4 is 0 Å². The number of esters is 3. The fourth-order valence-electron chi connectivity index (χ4n) is 5.74. The number of fused-ring (bicyclic) bond motifs is 2. The number of aliphatic hydroxyl groups is 2.